The Hall–Kier alpha value is -1.59. The number of piperidine rings is 1. The van der Waals surface area contributed by atoms with Crippen LogP contribution in [0.1, 0.15) is 30.5 Å². The minimum absolute atomic E-state index is 0.0880. The van der Waals surface area contributed by atoms with Crippen LogP contribution >= 0.6 is 0 Å². The summed E-state index contributed by atoms with van der Waals surface area (Å²) < 4.78 is 0. The van der Waals surface area contributed by atoms with Gasteiger partial charge in [-0.15, -0.1) is 0 Å². The number of carbonyl (C=O) groups excluding carboxylic acids is 1. The molecule has 0 bridgehead atoms. The van der Waals surface area contributed by atoms with Crippen LogP contribution in [0.15, 0.2) is 24.3 Å². The summed E-state index contributed by atoms with van der Waals surface area (Å²) in [4.78, 5) is 16.2. The average Bonchev–Trinajstić information content (AvgIpc) is 2.51. The molecule has 1 fully saturated rings. The number of nitrogens with one attached hydrogen (secondary N) is 1. The van der Waals surface area contributed by atoms with Crippen LogP contribution in [-0.4, -0.2) is 60.8 Å². The van der Waals surface area contributed by atoms with Crippen molar-refractivity contribution in [3.63, 3.8) is 0 Å². The van der Waals surface area contributed by atoms with Gasteiger partial charge in [-0.3, -0.25) is 0 Å². The number of hydrogen-bond donors (Lipinski definition) is 2. The Bertz CT molecular complexity index is 516. The van der Waals surface area contributed by atoms with Crippen molar-refractivity contribution in [3.05, 3.63) is 35.4 Å². The SMILES string of the molecule is Cc1ccc(C(CNC(=O)N2CCC(C)C(O)C2)N(C)C)cc1. The van der Waals surface area contributed by atoms with Gasteiger partial charge in [0.25, 0.3) is 0 Å². The van der Waals surface area contributed by atoms with E-state index in [0.29, 0.717) is 19.6 Å². The Kier molecular flexibility index (Phi) is 6.02. The highest BCUT2D eigenvalue weighted by Gasteiger charge is 2.27. The zero-order valence-corrected chi connectivity index (χ0v) is 14.6. The Morgan fingerprint density at radius 3 is 2.61 bits per heavy atom. The van der Waals surface area contributed by atoms with Crippen LogP contribution in [0.3, 0.4) is 0 Å². The van der Waals surface area contributed by atoms with Gasteiger partial charge in [-0.2, -0.15) is 0 Å². The number of likely N-dealkylation sites (N-methyl/N-ethyl adjacent to an activating group) is 1. The van der Waals surface area contributed by atoms with Gasteiger partial charge < -0.3 is 20.2 Å². The molecular formula is C18H29N3O2. The number of urea groups is 1. The van der Waals surface area contributed by atoms with Gasteiger partial charge in [-0.25, -0.2) is 4.79 Å². The largest absolute Gasteiger partial charge is 0.391 e. The van der Waals surface area contributed by atoms with Gasteiger partial charge in [0.05, 0.1) is 12.1 Å². The van der Waals surface area contributed by atoms with Gasteiger partial charge in [0.2, 0.25) is 0 Å². The summed E-state index contributed by atoms with van der Waals surface area (Å²) >= 11 is 0. The third-order valence-electron chi connectivity index (χ3n) is 4.74. The van der Waals surface area contributed by atoms with Crippen LogP contribution in [0.5, 0.6) is 0 Å². The first kappa shape index (κ1) is 17.8. The number of hydrogen-bond acceptors (Lipinski definition) is 3. The standard InChI is InChI=1S/C18H29N3O2/c1-13-5-7-15(8-6-13)16(20(3)4)11-19-18(23)21-10-9-14(2)17(22)12-21/h5-8,14,16-17,22H,9-12H2,1-4H3,(H,19,23). The van der Waals surface area contributed by atoms with Crippen molar-refractivity contribution in [2.75, 3.05) is 33.7 Å². The van der Waals surface area contributed by atoms with Gasteiger partial charge in [0.1, 0.15) is 0 Å². The van der Waals surface area contributed by atoms with E-state index in [1.807, 2.05) is 21.0 Å². The first-order chi connectivity index (χ1) is 10.9. The number of benzene rings is 1. The predicted octanol–water partition coefficient (Wildman–Crippen LogP) is 2.01. The monoisotopic (exact) mass is 319 g/mol. The molecule has 5 heteroatoms. The molecule has 23 heavy (non-hydrogen) atoms. The van der Waals surface area contributed by atoms with E-state index in [-0.39, 0.29) is 18.0 Å². The normalized spacial score (nSPS) is 23.0. The molecule has 1 aliphatic rings. The molecule has 0 aliphatic carbocycles. The number of rotatable bonds is 4. The second kappa shape index (κ2) is 7.79. The van der Waals surface area contributed by atoms with Crippen molar-refractivity contribution in [2.24, 2.45) is 5.92 Å². The molecule has 0 radical (unpaired) electrons. The van der Waals surface area contributed by atoms with E-state index >= 15 is 0 Å². The molecule has 1 aromatic rings. The molecule has 2 N–H and O–H groups in total. The molecule has 0 saturated carbocycles. The first-order valence-corrected chi connectivity index (χ1v) is 8.32. The van der Waals surface area contributed by atoms with Crippen LogP contribution in [-0.2, 0) is 0 Å². The number of aryl methyl sites for hydroxylation is 1. The predicted molar refractivity (Wildman–Crippen MR) is 92.4 cm³/mol. The number of likely N-dealkylation sites (tertiary alicyclic amines) is 1. The topological polar surface area (TPSA) is 55.8 Å². The summed E-state index contributed by atoms with van der Waals surface area (Å²) in [6, 6.07) is 8.45. The minimum Gasteiger partial charge on any atom is -0.391 e. The maximum Gasteiger partial charge on any atom is 0.317 e. The molecule has 1 aliphatic heterocycles. The molecule has 2 rings (SSSR count). The van der Waals surface area contributed by atoms with Crippen LogP contribution in [0.4, 0.5) is 4.79 Å². The highest BCUT2D eigenvalue weighted by Crippen LogP contribution is 2.19. The lowest BCUT2D eigenvalue weighted by atomic mass is 9.96. The molecule has 3 unspecified atom stereocenters. The van der Waals surface area contributed by atoms with E-state index in [9.17, 15) is 9.90 Å². The van der Waals surface area contributed by atoms with Crippen LogP contribution in [0, 0.1) is 12.8 Å². The Morgan fingerprint density at radius 2 is 2.04 bits per heavy atom. The number of β-amino-alcohol motifs (C(OH)–C–C–N with tert-alkyl or cyclic N) is 1. The van der Waals surface area contributed by atoms with Crippen molar-refractivity contribution >= 4 is 6.03 Å². The molecule has 0 spiro atoms. The number of aliphatic hydroxyl groups is 1. The van der Waals surface area contributed by atoms with Crippen molar-refractivity contribution in [1.82, 2.24) is 15.1 Å². The lowest BCUT2D eigenvalue weighted by Gasteiger charge is -2.35. The quantitative estimate of drug-likeness (QED) is 0.892. The number of nitrogens with zero attached hydrogens (tertiary/aromatic N) is 2. The summed E-state index contributed by atoms with van der Waals surface area (Å²) in [7, 11) is 4.03. The Morgan fingerprint density at radius 1 is 1.39 bits per heavy atom. The zero-order chi connectivity index (χ0) is 17.0. The lowest BCUT2D eigenvalue weighted by molar-refractivity contribution is 0.0433. The summed E-state index contributed by atoms with van der Waals surface area (Å²) in [5.41, 5.74) is 2.42. The summed E-state index contributed by atoms with van der Waals surface area (Å²) in [6.45, 7) is 5.78. The number of carbonyl (C=O) groups is 1. The van der Waals surface area contributed by atoms with E-state index in [2.05, 4.69) is 41.4 Å². The summed E-state index contributed by atoms with van der Waals surface area (Å²) in [5.74, 6) is 0.265. The fraction of sp³-hybridized carbons (Fsp3) is 0.611. The zero-order valence-electron chi connectivity index (χ0n) is 14.6. The van der Waals surface area contributed by atoms with Crippen molar-refractivity contribution in [3.8, 4) is 0 Å². The maximum absolute atomic E-state index is 12.3. The van der Waals surface area contributed by atoms with Gasteiger partial charge >= 0.3 is 6.03 Å². The summed E-state index contributed by atoms with van der Waals surface area (Å²) in [5, 5.41) is 13.0. The number of amides is 2. The van der Waals surface area contributed by atoms with E-state index in [4.69, 9.17) is 0 Å². The van der Waals surface area contributed by atoms with Crippen LogP contribution < -0.4 is 5.32 Å². The summed E-state index contributed by atoms with van der Waals surface area (Å²) in [6.07, 6.45) is 0.431. The van der Waals surface area contributed by atoms with E-state index < -0.39 is 6.10 Å². The molecule has 2 amide bonds. The van der Waals surface area contributed by atoms with Crippen LogP contribution in [0.25, 0.3) is 0 Å². The smallest absolute Gasteiger partial charge is 0.317 e. The minimum atomic E-state index is -0.420. The molecule has 5 nitrogen and oxygen atoms in total. The van der Waals surface area contributed by atoms with Crippen LogP contribution in [0.2, 0.25) is 0 Å². The van der Waals surface area contributed by atoms with Crippen molar-refractivity contribution in [1.29, 1.82) is 0 Å². The fourth-order valence-electron chi connectivity index (χ4n) is 2.92. The third-order valence-corrected chi connectivity index (χ3v) is 4.74. The lowest BCUT2D eigenvalue weighted by Crippen LogP contribution is -2.50. The highest BCUT2D eigenvalue weighted by molar-refractivity contribution is 5.74. The van der Waals surface area contributed by atoms with Gasteiger partial charge in [-0.05, 0) is 38.9 Å². The van der Waals surface area contributed by atoms with E-state index in [1.165, 1.54) is 11.1 Å². The molecular weight excluding hydrogens is 290 g/mol. The average molecular weight is 319 g/mol. The fourth-order valence-corrected chi connectivity index (χ4v) is 2.92. The molecule has 128 valence electrons. The molecule has 3 atom stereocenters. The maximum atomic E-state index is 12.3. The van der Waals surface area contributed by atoms with E-state index in [0.717, 1.165) is 6.42 Å². The Labute approximate surface area is 139 Å². The molecule has 1 aromatic carbocycles. The van der Waals surface area contributed by atoms with Crippen molar-refractivity contribution < 1.29 is 9.90 Å². The molecule has 1 heterocycles. The van der Waals surface area contributed by atoms with Crippen molar-refractivity contribution in [2.45, 2.75) is 32.4 Å². The van der Waals surface area contributed by atoms with E-state index in [1.54, 1.807) is 4.90 Å². The highest BCUT2D eigenvalue weighted by atomic mass is 16.3. The van der Waals surface area contributed by atoms with Gasteiger partial charge in [0.15, 0.2) is 0 Å². The first-order valence-electron chi connectivity index (χ1n) is 8.32. The Balaban J connectivity index is 1.93. The second-order valence-electron chi connectivity index (χ2n) is 6.86. The van der Waals surface area contributed by atoms with Gasteiger partial charge in [0, 0.05) is 19.6 Å². The van der Waals surface area contributed by atoms with Gasteiger partial charge in [-0.1, -0.05) is 36.8 Å². The third kappa shape index (κ3) is 4.69. The molecule has 0 aromatic heterocycles. The molecule has 1 saturated heterocycles. The number of aliphatic hydroxyl groups excluding tert-OH is 1. The second-order valence-corrected chi connectivity index (χ2v) is 6.86.